The van der Waals surface area contributed by atoms with Crippen molar-refractivity contribution in [3.63, 3.8) is 0 Å². The van der Waals surface area contributed by atoms with Crippen LogP contribution in [0.4, 0.5) is 13.6 Å². The van der Waals surface area contributed by atoms with E-state index in [9.17, 15) is 18.4 Å². The van der Waals surface area contributed by atoms with Crippen LogP contribution in [0.1, 0.15) is 10.4 Å². The summed E-state index contributed by atoms with van der Waals surface area (Å²) in [6, 6.07) is 9.96. The zero-order valence-electron chi connectivity index (χ0n) is 16.5. The number of ketones is 1. The molecule has 1 fully saturated rings. The van der Waals surface area contributed by atoms with Crippen molar-refractivity contribution in [1.29, 1.82) is 0 Å². The Labute approximate surface area is 185 Å². The van der Waals surface area contributed by atoms with Gasteiger partial charge in [0.1, 0.15) is 6.61 Å². The molecule has 0 saturated carbocycles. The lowest BCUT2D eigenvalue weighted by Gasteiger charge is -2.17. The number of H-pyrrole nitrogens is 1. The van der Waals surface area contributed by atoms with Crippen molar-refractivity contribution in [2.24, 2.45) is 0 Å². The SMILES string of the molecule is O=C1OCC(/C=C/C(=O)C(F)(F)c2ccccc2)N1C/C=C/c1ccc(-c2nn[nH]n2)s1. The normalized spacial score (nSPS) is 16.9. The number of halogens is 2. The number of allylic oxidation sites excluding steroid dienone is 1. The number of tetrazole rings is 1. The molecule has 0 aliphatic carbocycles. The number of thiophene rings is 1. The van der Waals surface area contributed by atoms with E-state index in [4.69, 9.17) is 4.74 Å². The van der Waals surface area contributed by atoms with Crippen molar-refractivity contribution in [3.8, 4) is 10.7 Å². The predicted molar refractivity (Wildman–Crippen MR) is 113 cm³/mol. The maximum atomic E-state index is 14.4. The number of amides is 1. The van der Waals surface area contributed by atoms with Crippen molar-refractivity contribution >= 4 is 29.3 Å². The topological polar surface area (TPSA) is 101 Å². The molecule has 0 spiro atoms. The van der Waals surface area contributed by atoms with Gasteiger partial charge in [-0.05, 0) is 29.5 Å². The minimum Gasteiger partial charge on any atom is -0.447 e. The summed E-state index contributed by atoms with van der Waals surface area (Å²) in [5.74, 6) is -4.52. The Balaban J connectivity index is 1.39. The van der Waals surface area contributed by atoms with Crippen LogP contribution in [-0.4, -0.2) is 56.6 Å². The molecule has 1 aromatic carbocycles. The second-order valence-electron chi connectivity index (χ2n) is 6.80. The highest BCUT2D eigenvalue weighted by Crippen LogP contribution is 2.29. The molecular weight excluding hydrogens is 440 g/mol. The quantitative estimate of drug-likeness (QED) is 0.518. The zero-order chi connectivity index (χ0) is 22.6. The van der Waals surface area contributed by atoms with Crippen molar-refractivity contribution in [1.82, 2.24) is 25.5 Å². The van der Waals surface area contributed by atoms with Crippen LogP contribution in [0, 0.1) is 0 Å². The molecule has 0 radical (unpaired) electrons. The summed E-state index contributed by atoms with van der Waals surface area (Å²) in [4.78, 5) is 27.2. The number of ether oxygens (including phenoxy) is 1. The van der Waals surface area contributed by atoms with Crippen LogP contribution in [0.15, 0.2) is 60.7 Å². The molecule has 1 saturated heterocycles. The molecule has 1 N–H and O–H groups in total. The molecule has 1 unspecified atom stereocenters. The summed E-state index contributed by atoms with van der Waals surface area (Å²) in [5.41, 5.74) is -0.385. The van der Waals surface area contributed by atoms with Gasteiger partial charge in [-0.15, -0.1) is 21.5 Å². The number of carbonyl (C=O) groups is 2. The van der Waals surface area contributed by atoms with E-state index in [-0.39, 0.29) is 18.7 Å². The van der Waals surface area contributed by atoms with Crippen LogP contribution in [-0.2, 0) is 15.5 Å². The first kappa shape index (κ1) is 21.5. The van der Waals surface area contributed by atoms with Gasteiger partial charge in [0, 0.05) is 17.0 Å². The monoisotopic (exact) mass is 457 g/mol. The van der Waals surface area contributed by atoms with Crippen LogP contribution in [0.3, 0.4) is 0 Å². The van der Waals surface area contributed by atoms with E-state index in [1.165, 1.54) is 46.6 Å². The first-order valence-corrected chi connectivity index (χ1v) is 10.4. The molecular formula is C21H17F2N5O3S. The number of alkyl halides is 2. The molecule has 1 aliphatic rings. The lowest BCUT2D eigenvalue weighted by Crippen LogP contribution is -2.32. The van der Waals surface area contributed by atoms with E-state index in [0.29, 0.717) is 5.82 Å². The average molecular weight is 457 g/mol. The number of nitrogens with zero attached hydrogens (tertiary/aromatic N) is 4. The number of nitrogens with one attached hydrogen (secondary N) is 1. The van der Waals surface area contributed by atoms with Crippen LogP contribution >= 0.6 is 11.3 Å². The van der Waals surface area contributed by atoms with E-state index in [1.807, 2.05) is 18.2 Å². The van der Waals surface area contributed by atoms with E-state index in [0.717, 1.165) is 15.8 Å². The van der Waals surface area contributed by atoms with Gasteiger partial charge in [0.25, 0.3) is 0 Å². The number of benzene rings is 1. The van der Waals surface area contributed by atoms with Crippen LogP contribution in [0.25, 0.3) is 16.8 Å². The molecule has 3 aromatic rings. The minimum atomic E-state index is -3.65. The number of hydrogen-bond acceptors (Lipinski definition) is 7. The summed E-state index contributed by atoms with van der Waals surface area (Å²) in [7, 11) is 0. The second kappa shape index (κ2) is 9.18. The number of carbonyl (C=O) groups excluding carboxylic acids is 2. The Kier molecular flexibility index (Phi) is 6.17. The third-order valence-corrected chi connectivity index (χ3v) is 5.75. The van der Waals surface area contributed by atoms with Gasteiger partial charge in [0.15, 0.2) is 0 Å². The van der Waals surface area contributed by atoms with Crippen molar-refractivity contribution in [2.45, 2.75) is 12.0 Å². The summed E-state index contributed by atoms with van der Waals surface area (Å²) < 4.78 is 33.7. The fraction of sp³-hybridized carbons (Fsp3) is 0.190. The average Bonchev–Trinajstić information content (AvgIpc) is 3.55. The summed E-state index contributed by atoms with van der Waals surface area (Å²) in [5, 5.41) is 13.7. The Hall–Kier alpha value is -3.73. The molecule has 8 nitrogen and oxygen atoms in total. The first-order chi connectivity index (χ1) is 15.4. The molecule has 0 bridgehead atoms. The fourth-order valence-corrected chi connectivity index (χ4v) is 3.91. The maximum absolute atomic E-state index is 14.4. The van der Waals surface area contributed by atoms with Crippen molar-refractivity contribution < 1.29 is 23.1 Å². The maximum Gasteiger partial charge on any atom is 0.410 e. The van der Waals surface area contributed by atoms with Gasteiger partial charge in [-0.1, -0.05) is 42.5 Å². The van der Waals surface area contributed by atoms with Crippen LogP contribution in [0.5, 0.6) is 0 Å². The Bertz CT molecular complexity index is 1150. The highest BCUT2D eigenvalue weighted by Gasteiger charge is 2.39. The zero-order valence-corrected chi connectivity index (χ0v) is 17.3. The highest BCUT2D eigenvalue weighted by atomic mass is 32.1. The molecule has 32 heavy (non-hydrogen) atoms. The van der Waals surface area contributed by atoms with Gasteiger partial charge in [-0.25, -0.2) is 4.79 Å². The molecule has 1 amide bonds. The lowest BCUT2D eigenvalue weighted by atomic mass is 10.0. The molecule has 164 valence electrons. The van der Waals surface area contributed by atoms with E-state index >= 15 is 0 Å². The molecule has 2 aromatic heterocycles. The molecule has 1 aliphatic heterocycles. The molecule has 4 rings (SSSR count). The van der Waals surface area contributed by atoms with E-state index in [1.54, 1.807) is 12.1 Å². The minimum absolute atomic E-state index is 0.0195. The number of hydrogen-bond donors (Lipinski definition) is 1. The second-order valence-corrected chi connectivity index (χ2v) is 7.92. The first-order valence-electron chi connectivity index (χ1n) is 9.54. The van der Waals surface area contributed by atoms with Gasteiger partial charge < -0.3 is 4.74 Å². The molecule has 3 heterocycles. The number of aromatic nitrogens is 4. The third kappa shape index (κ3) is 4.62. The van der Waals surface area contributed by atoms with E-state index < -0.39 is 23.8 Å². The lowest BCUT2D eigenvalue weighted by molar-refractivity contribution is -0.138. The van der Waals surface area contributed by atoms with Gasteiger partial charge in [0.05, 0.1) is 10.9 Å². The number of cyclic esters (lactones) is 1. The Morgan fingerprint density at radius 1 is 1.28 bits per heavy atom. The Morgan fingerprint density at radius 3 is 2.84 bits per heavy atom. The molecule has 1 atom stereocenters. The largest absolute Gasteiger partial charge is 0.447 e. The van der Waals surface area contributed by atoms with Gasteiger partial charge in [-0.3, -0.25) is 9.69 Å². The third-order valence-electron chi connectivity index (χ3n) is 4.70. The van der Waals surface area contributed by atoms with Crippen molar-refractivity contribution in [2.75, 3.05) is 13.2 Å². The van der Waals surface area contributed by atoms with Crippen molar-refractivity contribution in [3.05, 3.63) is 71.1 Å². The van der Waals surface area contributed by atoms with Gasteiger partial charge >= 0.3 is 12.0 Å². The fourth-order valence-electron chi connectivity index (χ4n) is 3.04. The highest BCUT2D eigenvalue weighted by molar-refractivity contribution is 7.16. The van der Waals surface area contributed by atoms with Crippen LogP contribution < -0.4 is 0 Å². The predicted octanol–water partition coefficient (Wildman–Crippen LogP) is 3.68. The van der Waals surface area contributed by atoms with Gasteiger partial charge in [0.2, 0.25) is 11.6 Å². The summed E-state index contributed by atoms with van der Waals surface area (Å²) in [6.45, 7) is 0.168. The number of aromatic amines is 1. The number of rotatable bonds is 8. The van der Waals surface area contributed by atoms with E-state index in [2.05, 4.69) is 20.6 Å². The smallest absolute Gasteiger partial charge is 0.410 e. The van der Waals surface area contributed by atoms with Crippen LogP contribution in [0.2, 0.25) is 0 Å². The molecule has 11 heteroatoms. The summed E-state index contributed by atoms with van der Waals surface area (Å²) in [6.07, 6.45) is 5.07. The van der Waals surface area contributed by atoms with Gasteiger partial charge in [-0.2, -0.15) is 14.0 Å². The Morgan fingerprint density at radius 2 is 2.09 bits per heavy atom. The standard InChI is InChI=1S/C21H17F2N5O3S/c22-21(23,14-5-2-1-3-6-14)18(29)11-8-15-13-31-20(30)28(15)12-4-7-16-9-10-17(32-16)19-24-26-27-25-19/h1-11,15H,12-13H2,(H,24,25,26,27)/b7-4+,11-8+. The summed E-state index contributed by atoms with van der Waals surface area (Å²) >= 11 is 1.44.